The van der Waals surface area contributed by atoms with Crippen molar-refractivity contribution in [1.82, 2.24) is 9.80 Å². The average Bonchev–Trinajstić information content (AvgIpc) is 3.33. The quantitative estimate of drug-likeness (QED) is 0.739. The molecule has 0 bridgehead atoms. The Kier molecular flexibility index (Phi) is 6.60. The van der Waals surface area contributed by atoms with Crippen LogP contribution < -0.4 is 9.64 Å². The Morgan fingerprint density at radius 1 is 0.935 bits per heavy atom. The molecule has 7 heteroatoms. The number of nitrogens with zero attached hydrogens (tertiary/aromatic N) is 3. The van der Waals surface area contributed by atoms with E-state index in [1.807, 2.05) is 59.5 Å². The van der Waals surface area contributed by atoms with Gasteiger partial charge in [-0.05, 0) is 30.5 Å². The van der Waals surface area contributed by atoms with Crippen LogP contribution in [0.2, 0.25) is 0 Å². The molecular formula is C24H29N3O4. The van der Waals surface area contributed by atoms with Gasteiger partial charge in [-0.3, -0.25) is 9.69 Å². The number of amides is 2. The van der Waals surface area contributed by atoms with Crippen molar-refractivity contribution in [1.29, 1.82) is 0 Å². The van der Waals surface area contributed by atoms with Gasteiger partial charge in [-0.2, -0.15) is 0 Å². The summed E-state index contributed by atoms with van der Waals surface area (Å²) in [5, 5.41) is 0. The van der Waals surface area contributed by atoms with Crippen molar-refractivity contribution in [2.45, 2.75) is 25.5 Å². The maximum Gasteiger partial charge on any atom is 0.410 e. The van der Waals surface area contributed by atoms with E-state index in [2.05, 4.69) is 4.90 Å². The van der Waals surface area contributed by atoms with Gasteiger partial charge in [0.15, 0.2) is 0 Å². The summed E-state index contributed by atoms with van der Waals surface area (Å²) in [5.41, 5.74) is 1.98. The van der Waals surface area contributed by atoms with Gasteiger partial charge in [0.2, 0.25) is 5.91 Å². The third-order valence-electron chi connectivity index (χ3n) is 5.99. The monoisotopic (exact) mass is 423 g/mol. The van der Waals surface area contributed by atoms with Gasteiger partial charge < -0.3 is 19.3 Å². The number of methoxy groups -OCH3 is 1. The number of rotatable bonds is 5. The van der Waals surface area contributed by atoms with E-state index in [0.29, 0.717) is 26.1 Å². The largest absolute Gasteiger partial charge is 0.495 e. The van der Waals surface area contributed by atoms with Crippen LogP contribution in [0.3, 0.4) is 0 Å². The second-order valence-corrected chi connectivity index (χ2v) is 7.88. The van der Waals surface area contributed by atoms with Crippen molar-refractivity contribution >= 4 is 17.7 Å². The number of hydrogen-bond acceptors (Lipinski definition) is 5. The number of para-hydroxylation sites is 2. The average molecular weight is 424 g/mol. The summed E-state index contributed by atoms with van der Waals surface area (Å²) in [7, 11) is 1.67. The molecule has 2 aromatic carbocycles. The third-order valence-corrected chi connectivity index (χ3v) is 5.99. The van der Waals surface area contributed by atoms with Crippen molar-refractivity contribution in [3.8, 4) is 5.75 Å². The van der Waals surface area contributed by atoms with Crippen LogP contribution >= 0.6 is 0 Å². The molecule has 4 rings (SSSR count). The second-order valence-electron chi connectivity index (χ2n) is 7.88. The fourth-order valence-corrected chi connectivity index (χ4v) is 4.31. The van der Waals surface area contributed by atoms with E-state index in [9.17, 15) is 9.59 Å². The number of anilines is 1. The number of benzene rings is 2. The topological polar surface area (TPSA) is 62.3 Å². The maximum atomic E-state index is 13.2. The molecule has 2 aliphatic rings. The molecule has 7 nitrogen and oxygen atoms in total. The molecule has 2 fully saturated rings. The van der Waals surface area contributed by atoms with Gasteiger partial charge in [0.25, 0.3) is 0 Å². The van der Waals surface area contributed by atoms with Crippen molar-refractivity contribution < 1.29 is 19.1 Å². The highest BCUT2D eigenvalue weighted by Gasteiger charge is 2.38. The van der Waals surface area contributed by atoms with E-state index in [1.54, 1.807) is 12.0 Å². The van der Waals surface area contributed by atoms with E-state index in [-0.39, 0.29) is 12.5 Å². The number of carbonyl (C=O) groups is 2. The Morgan fingerprint density at radius 2 is 1.65 bits per heavy atom. The summed E-state index contributed by atoms with van der Waals surface area (Å²) < 4.78 is 10.9. The number of likely N-dealkylation sites (tertiary alicyclic amines) is 1. The third kappa shape index (κ3) is 4.76. The summed E-state index contributed by atoms with van der Waals surface area (Å²) in [6, 6.07) is 17.1. The van der Waals surface area contributed by atoms with Crippen LogP contribution in [-0.4, -0.2) is 67.7 Å². The van der Waals surface area contributed by atoms with E-state index in [4.69, 9.17) is 9.47 Å². The van der Waals surface area contributed by atoms with Crippen molar-refractivity contribution in [2.24, 2.45) is 0 Å². The van der Waals surface area contributed by atoms with Crippen LogP contribution in [0, 0.1) is 0 Å². The molecule has 2 heterocycles. The molecule has 0 spiro atoms. The molecule has 0 aliphatic carbocycles. The minimum atomic E-state index is -0.430. The molecule has 31 heavy (non-hydrogen) atoms. The molecule has 0 aromatic heterocycles. The lowest BCUT2D eigenvalue weighted by Gasteiger charge is -2.38. The maximum absolute atomic E-state index is 13.2. The van der Waals surface area contributed by atoms with Gasteiger partial charge in [-0.1, -0.05) is 42.5 Å². The Balaban J connectivity index is 1.33. The first-order valence-electron chi connectivity index (χ1n) is 10.8. The summed E-state index contributed by atoms with van der Waals surface area (Å²) in [6.45, 7) is 3.50. The van der Waals surface area contributed by atoms with E-state index in [0.717, 1.165) is 36.5 Å². The lowest BCUT2D eigenvalue weighted by molar-refractivity contribution is -0.135. The highest BCUT2D eigenvalue weighted by atomic mass is 16.6. The minimum Gasteiger partial charge on any atom is -0.495 e. The molecule has 0 N–H and O–H groups in total. The standard InChI is InChI=1S/C24H29N3O4/c1-30-22-12-6-5-10-20(22)25-14-16-26(17-15-25)23(28)21-11-7-13-27(21)24(29)31-18-19-8-3-2-4-9-19/h2-6,8-10,12,21H,7,11,13-18H2,1H3. The summed E-state index contributed by atoms with van der Waals surface area (Å²) in [5.74, 6) is 0.860. The van der Waals surface area contributed by atoms with Crippen LogP contribution in [0.4, 0.5) is 10.5 Å². The van der Waals surface area contributed by atoms with Gasteiger partial charge in [-0.15, -0.1) is 0 Å². The normalized spacial score (nSPS) is 18.7. The van der Waals surface area contributed by atoms with Crippen LogP contribution in [0.15, 0.2) is 54.6 Å². The lowest BCUT2D eigenvalue weighted by atomic mass is 10.1. The summed E-state index contributed by atoms with van der Waals surface area (Å²) >= 11 is 0. The first-order valence-corrected chi connectivity index (χ1v) is 10.8. The first kappa shape index (κ1) is 21.0. The molecule has 0 radical (unpaired) electrons. The zero-order valence-electron chi connectivity index (χ0n) is 17.9. The number of piperazine rings is 1. The molecule has 2 amide bonds. The molecule has 2 aliphatic heterocycles. The highest BCUT2D eigenvalue weighted by molar-refractivity contribution is 5.86. The summed E-state index contributed by atoms with van der Waals surface area (Å²) in [6.07, 6.45) is 1.09. The van der Waals surface area contributed by atoms with Gasteiger partial charge in [0.05, 0.1) is 12.8 Å². The van der Waals surface area contributed by atoms with Crippen LogP contribution in [0.25, 0.3) is 0 Å². The van der Waals surface area contributed by atoms with Gasteiger partial charge in [-0.25, -0.2) is 4.79 Å². The van der Waals surface area contributed by atoms with Gasteiger partial charge >= 0.3 is 6.09 Å². The first-order chi connectivity index (χ1) is 15.2. The molecule has 2 aromatic rings. The molecule has 164 valence electrons. The van der Waals surface area contributed by atoms with Crippen molar-refractivity contribution in [3.05, 3.63) is 60.2 Å². The Morgan fingerprint density at radius 3 is 2.39 bits per heavy atom. The minimum absolute atomic E-state index is 0.0221. The van der Waals surface area contributed by atoms with Crippen LogP contribution in [0.5, 0.6) is 5.75 Å². The molecule has 1 unspecified atom stereocenters. The van der Waals surface area contributed by atoms with E-state index in [1.165, 1.54) is 0 Å². The van der Waals surface area contributed by atoms with Gasteiger partial charge in [0.1, 0.15) is 18.4 Å². The fourth-order valence-electron chi connectivity index (χ4n) is 4.31. The zero-order valence-corrected chi connectivity index (χ0v) is 17.9. The number of carbonyl (C=O) groups excluding carboxylic acids is 2. The number of ether oxygens (including phenoxy) is 2. The molecular weight excluding hydrogens is 394 g/mol. The molecule has 0 saturated carbocycles. The molecule has 2 saturated heterocycles. The predicted octanol–water partition coefficient (Wildman–Crippen LogP) is 3.15. The predicted molar refractivity (Wildman–Crippen MR) is 118 cm³/mol. The molecule has 1 atom stereocenters. The van der Waals surface area contributed by atoms with Gasteiger partial charge in [0, 0.05) is 32.7 Å². The Labute approximate surface area is 183 Å². The zero-order chi connectivity index (χ0) is 21.6. The lowest BCUT2D eigenvalue weighted by Crippen LogP contribution is -2.54. The van der Waals surface area contributed by atoms with E-state index >= 15 is 0 Å². The van der Waals surface area contributed by atoms with E-state index < -0.39 is 12.1 Å². The summed E-state index contributed by atoms with van der Waals surface area (Å²) in [4.78, 5) is 31.5. The highest BCUT2D eigenvalue weighted by Crippen LogP contribution is 2.29. The van der Waals surface area contributed by atoms with Crippen LogP contribution in [-0.2, 0) is 16.1 Å². The smallest absolute Gasteiger partial charge is 0.410 e. The van der Waals surface area contributed by atoms with Crippen LogP contribution in [0.1, 0.15) is 18.4 Å². The van der Waals surface area contributed by atoms with Crippen molar-refractivity contribution in [3.63, 3.8) is 0 Å². The number of hydrogen-bond donors (Lipinski definition) is 0. The Bertz CT molecular complexity index is 897. The Hall–Kier alpha value is -3.22. The van der Waals surface area contributed by atoms with Crippen molar-refractivity contribution in [2.75, 3.05) is 44.7 Å². The second kappa shape index (κ2) is 9.73. The SMILES string of the molecule is COc1ccccc1N1CCN(C(=O)C2CCCN2C(=O)OCc2ccccc2)CC1. The fraction of sp³-hybridized carbons (Fsp3) is 0.417.